The topological polar surface area (TPSA) is 118 Å². The molecule has 1 N–H and O–H groups in total. The number of carboxylic acids is 1. The van der Waals surface area contributed by atoms with Crippen LogP contribution in [0.25, 0.3) is 0 Å². The summed E-state index contributed by atoms with van der Waals surface area (Å²) in [5.41, 5.74) is 0. The second-order valence-corrected chi connectivity index (χ2v) is 9.20. The van der Waals surface area contributed by atoms with Crippen LogP contribution in [0.5, 0.6) is 0 Å². The summed E-state index contributed by atoms with van der Waals surface area (Å²) in [5.74, 6) is -0.934. The SMILES string of the molecule is CCCSC1=NC2C(N=NN2C2CC(OCC(=O)O)C3OC(C)(C)OC32)C(Cl)=N1. The Labute approximate surface area is 177 Å². The summed E-state index contributed by atoms with van der Waals surface area (Å²) in [6.07, 6.45) is -0.0880. The lowest BCUT2D eigenvalue weighted by Crippen LogP contribution is -2.48. The van der Waals surface area contributed by atoms with Gasteiger partial charge in [0.15, 0.2) is 23.2 Å². The third kappa shape index (κ3) is 4.15. The lowest BCUT2D eigenvalue weighted by atomic mass is 10.1. The molecule has 0 radical (unpaired) electrons. The molecule has 10 nitrogen and oxygen atoms in total. The van der Waals surface area contributed by atoms with Crippen molar-refractivity contribution in [3.05, 3.63) is 0 Å². The predicted octanol–water partition coefficient (Wildman–Crippen LogP) is 2.28. The Kier molecular flexibility index (Phi) is 5.86. The summed E-state index contributed by atoms with van der Waals surface area (Å²) in [4.78, 5) is 20.0. The maximum atomic E-state index is 11.0. The summed E-state index contributed by atoms with van der Waals surface area (Å²) in [5, 5.41) is 20.4. The van der Waals surface area contributed by atoms with Gasteiger partial charge < -0.3 is 19.3 Å². The second-order valence-electron chi connectivity index (χ2n) is 7.75. The quantitative estimate of drug-likeness (QED) is 0.666. The zero-order valence-corrected chi connectivity index (χ0v) is 18.0. The summed E-state index contributed by atoms with van der Waals surface area (Å²) in [6.45, 7) is 5.35. The molecule has 12 heteroatoms. The van der Waals surface area contributed by atoms with E-state index in [1.54, 1.807) is 16.8 Å². The molecule has 6 atom stereocenters. The van der Waals surface area contributed by atoms with Crippen molar-refractivity contribution < 1.29 is 24.1 Å². The maximum Gasteiger partial charge on any atom is 0.329 e. The smallest absolute Gasteiger partial charge is 0.329 e. The fourth-order valence-corrected chi connectivity index (χ4v) is 5.02. The van der Waals surface area contributed by atoms with Crippen molar-refractivity contribution >= 4 is 39.7 Å². The Hall–Kier alpha value is -1.27. The maximum absolute atomic E-state index is 11.0. The summed E-state index contributed by atoms with van der Waals surface area (Å²) in [6, 6.07) is -0.682. The predicted molar refractivity (Wildman–Crippen MR) is 107 cm³/mol. The number of carbonyl (C=O) groups is 1. The summed E-state index contributed by atoms with van der Waals surface area (Å²) in [7, 11) is 0. The normalized spacial score (nSPS) is 37.3. The Balaban J connectivity index is 1.55. The largest absolute Gasteiger partial charge is 0.480 e. The van der Waals surface area contributed by atoms with Crippen LogP contribution in [0.15, 0.2) is 20.3 Å². The van der Waals surface area contributed by atoms with E-state index >= 15 is 0 Å². The minimum absolute atomic E-state index is 0.233. The van der Waals surface area contributed by atoms with Crippen LogP contribution in [0.2, 0.25) is 0 Å². The van der Waals surface area contributed by atoms with Crippen molar-refractivity contribution in [2.24, 2.45) is 20.3 Å². The molecule has 0 bridgehead atoms. The van der Waals surface area contributed by atoms with Crippen LogP contribution in [0.1, 0.15) is 33.6 Å². The van der Waals surface area contributed by atoms with Crippen LogP contribution in [-0.2, 0) is 19.0 Å². The molecule has 1 saturated carbocycles. The molecule has 6 unspecified atom stereocenters. The molecule has 2 fully saturated rings. The molecule has 1 aliphatic carbocycles. The minimum Gasteiger partial charge on any atom is -0.480 e. The molecule has 3 heterocycles. The van der Waals surface area contributed by atoms with Crippen molar-refractivity contribution in [3.63, 3.8) is 0 Å². The van der Waals surface area contributed by atoms with Gasteiger partial charge in [0.05, 0.1) is 12.1 Å². The third-order valence-electron chi connectivity index (χ3n) is 5.10. The molecule has 0 aromatic heterocycles. The number of aliphatic imine (C=N–C) groups is 2. The number of halogens is 1. The first-order valence-corrected chi connectivity index (χ1v) is 11.0. The van der Waals surface area contributed by atoms with Crippen molar-refractivity contribution in [2.45, 2.75) is 76.0 Å². The molecular formula is C17H24ClN5O5S. The van der Waals surface area contributed by atoms with E-state index < -0.39 is 42.8 Å². The van der Waals surface area contributed by atoms with E-state index in [1.165, 1.54) is 0 Å². The minimum atomic E-state index is -1.03. The fourth-order valence-electron chi connectivity index (χ4n) is 4.01. The number of rotatable bonds is 6. The van der Waals surface area contributed by atoms with Gasteiger partial charge in [-0.25, -0.2) is 19.8 Å². The second kappa shape index (κ2) is 8.10. The van der Waals surface area contributed by atoms with E-state index in [0.29, 0.717) is 16.8 Å². The van der Waals surface area contributed by atoms with Crippen molar-refractivity contribution in [2.75, 3.05) is 12.4 Å². The highest BCUT2D eigenvalue weighted by Crippen LogP contribution is 2.44. The lowest BCUT2D eigenvalue weighted by Gasteiger charge is -2.32. The molecule has 4 aliphatic rings. The Morgan fingerprint density at radius 1 is 1.41 bits per heavy atom. The summed E-state index contributed by atoms with van der Waals surface area (Å²) < 4.78 is 17.7. The molecule has 1 saturated heterocycles. The van der Waals surface area contributed by atoms with Gasteiger partial charge in [0.1, 0.15) is 24.0 Å². The highest BCUT2D eigenvalue weighted by atomic mass is 35.5. The molecule has 0 spiro atoms. The van der Waals surface area contributed by atoms with E-state index in [4.69, 9.17) is 35.9 Å². The van der Waals surface area contributed by atoms with Crippen molar-refractivity contribution in [3.8, 4) is 0 Å². The number of amidine groups is 1. The monoisotopic (exact) mass is 445 g/mol. The fraction of sp³-hybridized carbons (Fsp3) is 0.824. The van der Waals surface area contributed by atoms with E-state index in [2.05, 4.69) is 22.3 Å². The first-order valence-electron chi connectivity index (χ1n) is 9.62. The Morgan fingerprint density at radius 3 is 2.90 bits per heavy atom. The molecular weight excluding hydrogens is 422 g/mol. The first-order chi connectivity index (χ1) is 13.8. The van der Waals surface area contributed by atoms with Gasteiger partial charge in [-0.1, -0.05) is 35.5 Å². The number of carboxylic acid groups (broad SMARTS) is 1. The van der Waals surface area contributed by atoms with Gasteiger partial charge in [0, 0.05) is 12.2 Å². The zero-order valence-electron chi connectivity index (χ0n) is 16.4. The van der Waals surface area contributed by atoms with Gasteiger partial charge in [0.25, 0.3) is 0 Å². The highest BCUT2D eigenvalue weighted by molar-refractivity contribution is 8.13. The lowest BCUT2D eigenvalue weighted by molar-refractivity contribution is -0.175. The molecule has 160 valence electrons. The number of fused-ring (bicyclic) bond motifs is 2. The van der Waals surface area contributed by atoms with Gasteiger partial charge in [-0.15, -0.1) is 0 Å². The highest BCUT2D eigenvalue weighted by Gasteiger charge is 2.58. The van der Waals surface area contributed by atoms with Gasteiger partial charge in [0.2, 0.25) is 0 Å². The first kappa shape index (κ1) is 21.0. The number of thioether (sulfide) groups is 1. The van der Waals surface area contributed by atoms with Crippen LogP contribution in [0.3, 0.4) is 0 Å². The molecule has 0 amide bonds. The van der Waals surface area contributed by atoms with Gasteiger partial charge in [-0.2, -0.15) is 5.11 Å². The van der Waals surface area contributed by atoms with Crippen molar-refractivity contribution in [1.82, 2.24) is 5.01 Å². The average Bonchev–Trinajstić information content (AvgIpc) is 3.29. The molecule has 4 rings (SSSR count). The van der Waals surface area contributed by atoms with Crippen LogP contribution < -0.4 is 0 Å². The Bertz CT molecular complexity index is 762. The number of ether oxygens (including phenoxy) is 3. The average molecular weight is 446 g/mol. The standard InChI is InChI=1S/C17H24ClN5O5S/c1-4-5-29-16-19-14(18)11-15(20-16)23(22-21-11)8-6-9(26-7-10(24)25)13-12(8)27-17(2,3)28-13/h8-9,11-13,15H,4-7H2,1-3H3,(H,24,25). The van der Waals surface area contributed by atoms with E-state index in [9.17, 15) is 4.79 Å². The number of hydrogen-bond acceptors (Lipinski definition) is 10. The van der Waals surface area contributed by atoms with Gasteiger partial charge in [-0.05, 0) is 20.3 Å². The van der Waals surface area contributed by atoms with Crippen LogP contribution >= 0.6 is 23.4 Å². The number of hydrogen-bond donors (Lipinski definition) is 1. The van der Waals surface area contributed by atoms with Crippen LogP contribution in [-0.4, -0.2) is 81.1 Å². The zero-order chi connectivity index (χ0) is 20.8. The van der Waals surface area contributed by atoms with Crippen molar-refractivity contribution in [1.29, 1.82) is 0 Å². The molecule has 0 aromatic carbocycles. The third-order valence-corrected chi connectivity index (χ3v) is 6.48. The Morgan fingerprint density at radius 2 is 2.17 bits per heavy atom. The van der Waals surface area contributed by atoms with Gasteiger partial charge in [-0.3, -0.25) is 0 Å². The summed E-state index contributed by atoms with van der Waals surface area (Å²) >= 11 is 7.91. The number of nitrogens with zero attached hydrogens (tertiary/aromatic N) is 5. The van der Waals surface area contributed by atoms with Crippen LogP contribution in [0.4, 0.5) is 0 Å². The molecule has 3 aliphatic heterocycles. The van der Waals surface area contributed by atoms with Crippen LogP contribution in [0, 0.1) is 0 Å². The van der Waals surface area contributed by atoms with Gasteiger partial charge >= 0.3 is 5.97 Å². The molecule has 0 aromatic rings. The van der Waals surface area contributed by atoms with E-state index in [1.807, 2.05) is 13.8 Å². The molecule has 29 heavy (non-hydrogen) atoms. The van der Waals surface area contributed by atoms with E-state index in [-0.39, 0.29) is 12.1 Å². The van der Waals surface area contributed by atoms with E-state index in [0.717, 1.165) is 12.2 Å². The number of aliphatic carboxylic acids is 1.